The van der Waals surface area contributed by atoms with Crippen LogP contribution in [0.25, 0.3) is 0 Å². The summed E-state index contributed by atoms with van der Waals surface area (Å²) in [5.74, 6) is 2.39. The van der Waals surface area contributed by atoms with Crippen LogP contribution in [0.15, 0.2) is 24.3 Å². The molecule has 1 aliphatic heterocycles. The van der Waals surface area contributed by atoms with Crippen molar-refractivity contribution >= 4 is 50.1 Å². The summed E-state index contributed by atoms with van der Waals surface area (Å²) in [4.78, 5) is 2.23. The molecule has 0 N–H and O–H groups in total. The van der Waals surface area contributed by atoms with Gasteiger partial charge in [-0.3, -0.25) is 4.31 Å². The Morgan fingerprint density at radius 2 is 1.85 bits per heavy atom. The van der Waals surface area contributed by atoms with Crippen LogP contribution >= 0.6 is 34.4 Å². The van der Waals surface area contributed by atoms with Gasteiger partial charge in [0, 0.05) is 41.8 Å². The highest BCUT2D eigenvalue weighted by Gasteiger charge is 2.20. The quantitative estimate of drug-likeness (QED) is 0.677. The zero-order valence-electron chi connectivity index (χ0n) is 11.5. The van der Waals surface area contributed by atoms with Crippen LogP contribution in [0.5, 0.6) is 0 Å². The summed E-state index contributed by atoms with van der Waals surface area (Å²) < 4.78 is 27.2. The van der Waals surface area contributed by atoms with E-state index in [1.807, 2.05) is 36.0 Å². The average molecular weight is 426 g/mol. The van der Waals surface area contributed by atoms with Gasteiger partial charge in [-0.25, -0.2) is 8.42 Å². The molecule has 112 valence electrons. The molecule has 0 saturated carbocycles. The molecule has 1 saturated heterocycles. The molecule has 7 heteroatoms. The smallest absolute Gasteiger partial charge is 0.236 e. The van der Waals surface area contributed by atoms with Crippen LogP contribution in [0.3, 0.4) is 0 Å². The van der Waals surface area contributed by atoms with Gasteiger partial charge in [-0.1, -0.05) is 0 Å². The standard InChI is InChI=1S/C13H19IN2O2S2/c1-15(13-4-2-12(14)3-5-13)20(17,18)11-8-16-6-9-19-10-7-16/h2-5H,6-11H2,1H3. The van der Waals surface area contributed by atoms with Crippen molar-refractivity contribution < 1.29 is 8.42 Å². The molecule has 1 aliphatic rings. The van der Waals surface area contributed by atoms with E-state index in [0.717, 1.165) is 33.9 Å². The Kier molecular flexibility index (Phi) is 6.00. The Hall–Kier alpha value is 0.01000. The summed E-state index contributed by atoms with van der Waals surface area (Å²) in [6.07, 6.45) is 0. The van der Waals surface area contributed by atoms with Gasteiger partial charge in [0.1, 0.15) is 0 Å². The zero-order chi connectivity index (χ0) is 14.6. The molecule has 1 aromatic rings. The average Bonchev–Trinajstić information content (AvgIpc) is 2.46. The molecule has 0 aliphatic carbocycles. The van der Waals surface area contributed by atoms with Gasteiger partial charge in [-0.05, 0) is 46.9 Å². The van der Waals surface area contributed by atoms with Crippen molar-refractivity contribution in [2.24, 2.45) is 0 Å². The minimum atomic E-state index is -3.24. The number of thioether (sulfide) groups is 1. The van der Waals surface area contributed by atoms with E-state index in [9.17, 15) is 8.42 Å². The fourth-order valence-electron chi connectivity index (χ4n) is 2.02. The molecule has 0 spiro atoms. The molecule has 0 unspecified atom stereocenters. The van der Waals surface area contributed by atoms with Crippen molar-refractivity contribution in [2.75, 3.05) is 48.2 Å². The number of benzene rings is 1. The molecule has 2 rings (SSSR count). The van der Waals surface area contributed by atoms with E-state index in [1.54, 1.807) is 7.05 Å². The van der Waals surface area contributed by atoms with Gasteiger partial charge in [0.05, 0.1) is 11.4 Å². The number of hydrogen-bond donors (Lipinski definition) is 0. The summed E-state index contributed by atoms with van der Waals surface area (Å²) in [6.45, 7) is 2.61. The van der Waals surface area contributed by atoms with Crippen molar-refractivity contribution in [3.8, 4) is 0 Å². The molecule has 0 aromatic heterocycles. The number of halogens is 1. The van der Waals surface area contributed by atoms with E-state index in [-0.39, 0.29) is 5.75 Å². The first-order valence-electron chi connectivity index (χ1n) is 6.51. The predicted molar refractivity (Wildman–Crippen MR) is 95.1 cm³/mol. The van der Waals surface area contributed by atoms with Gasteiger partial charge in [0.15, 0.2) is 0 Å². The third kappa shape index (κ3) is 4.51. The second kappa shape index (κ2) is 7.33. The number of sulfonamides is 1. The molecule has 1 aromatic carbocycles. The third-order valence-corrected chi connectivity index (χ3v) is 6.78. The van der Waals surface area contributed by atoms with Crippen LogP contribution in [0, 0.1) is 3.57 Å². The van der Waals surface area contributed by atoms with Crippen LogP contribution in [0.2, 0.25) is 0 Å². The fourth-order valence-corrected chi connectivity index (χ4v) is 4.56. The van der Waals surface area contributed by atoms with Gasteiger partial charge < -0.3 is 4.90 Å². The molecule has 1 fully saturated rings. The van der Waals surface area contributed by atoms with E-state index < -0.39 is 10.0 Å². The maximum Gasteiger partial charge on any atom is 0.236 e. The molecular weight excluding hydrogens is 407 g/mol. The van der Waals surface area contributed by atoms with Gasteiger partial charge >= 0.3 is 0 Å². The Bertz CT molecular complexity index is 528. The third-order valence-electron chi connectivity index (χ3n) is 3.38. The van der Waals surface area contributed by atoms with Crippen molar-refractivity contribution in [1.29, 1.82) is 0 Å². The number of nitrogens with zero attached hydrogens (tertiary/aromatic N) is 2. The van der Waals surface area contributed by atoms with Gasteiger partial charge in [0.25, 0.3) is 0 Å². The molecule has 0 radical (unpaired) electrons. The van der Waals surface area contributed by atoms with E-state index in [2.05, 4.69) is 27.5 Å². The highest BCUT2D eigenvalue weighted by Crippen LogP contribution is 2.18. The Morgan fingerprint density at radius 1 is 1.25 bits per heavy atom. The lowest BCUT2D eigenvalue weighted by Gasteiger charge is -2.27. The maximum absolute atomic E-state index is 12.4. The highest BCUT2D eigenvalue weighted by atomic mass is 127. The first kappa shape index (κ1) is 16.4. The van der Waals surface area contributed by atoms with Crippen molar-refractivity contribution in [1.82, 2.24) is 4.90 Å². The topological polar surface area (TPSA) is 40.6 Å². The normalized spacial score (nSPS) is 17.1. The summed E-state index contributed by atoms with van der Waals surface area (Å²) in [5, 5.41) is 0. The molecule has 0 atom stereocenters. The molecular formula is C13H19IN2O2S2. The lowest BCUT2D eigenvalue weighted by molar-refractivity contribution is 0.320. The predicted octanol–water partition coefficient (Wildman–Crippen LogP) is 2.11. The van der Waals surface area contributed by atoms with Crippen molar-refractivity contribution in [3.63, 3.8) is 0 Å². The molecule has 0 bridgehead atoms. The minimum Gasteiger partial charge on any atom is -0.301 e. The maximum atomic E-state index is 12.4. The van der Waals surface area contributed by atoms with Gasteiger partial charge in [0.2, 0.25) is 10.0 Å². The number of anilines is 1. The van der Waals surface area contributed by atoms with Crippen molar-refractivity contribution in [3.05, 3.63) is 27.8 Å². The number of hydrogen-bond acceptors (Lipinski definition) is 4. The minimum absolute atomic E-state index is 0.181. The Balaban J connectivity index is 1.96. The van der Waals surface area contributed by atoms with E-state index >= 15 is 0 Å². The van der Waals surface area contributed by atoms with E-state index in [0.29, 0.717) is 6.54 Å². The SMILES string of the molecule is CN(c1ccc(I)cc1)S(=O)(=O)CCN1CCSCC1. The summed E-state index contributed by atoms with van der Waals surface area (Å²) in [7, 11) is -1.61. The monoisotopic (exact) mass is 426 g/mol. The lowest BCUT2D eigenvalue weighted by Crippen LogP contribution is -2.39. The van der Waals surface area contributed by atoms with Gasteiger partial charge in [-0.15, -0.1) is 0 Å². The second-order valence-corrected chi connectivity index (χ2v) is 9.30. The first-order valence-corrected chi connectivity index (χ1v) is 10.4. The molecule has 4 nitrogen and oxygen atoms in total. The summed E-state index contributed by atoms with van der Waals surface area (Å²) >= 11 is 4.14. The fraction of sp³-hybridized carbons (Fsp3) is 0.538. The Morgan fingerprint density at radius 3 is 2.45 bits per heavy atom. The molecule has 20 heavy (non-hydrogen) atoms. The van der Waals surface area contributed by atoms with Gasteiger partial charge in [-0.2, -0.15) is 11.8 Å². The highest BCUT2D eigenvalue weighted by molar-refractivity contribution is 14.1. The van der Waals surface area contributed by atoms with Crippen LogP contribution in [-0.2, 0) is 10.0 Å². The van der Waals surface area contributed by atoms with Crippen LogP contribution in [0.4, 0.5) is 5.69 Å². The lowest BCUT2D eigenvalue weighted by atomic mass is 10.3. The molecule has 0 amide bonds. The first-order chi connectivity index (χ1) is 9.49. The zero-order valence-corrected chi connectivity index (χ0v) is 15.2. The number of rotatable bonds is 5. The van der Waals surface area contributed by atoms with Crippen LogP contribution in [0.1, 0.15) is 0 Å². The second-order valence-electron chi connectivity index (χ2n) is 4.71. The van der Waals surface area contributed by atoms with Crippen molar-refractivity contribution in [2.45, 2.75) is 0 Å². The van der Waals surface area contributed by atoms with E-state index in [1.165, 1.54) is 4.31 Å². The van der Waals surface area contributed by atoms with Crippen LogP contribution in [-0.4, -0.2) is 57.3 Å². The summed E-state index contributed by atoms with van der Waals surface area (Å²) in [6, 6.07) is 7.53. The Labute approximate surface area is 139 Å². The largest absolute Gasteiger partial charge is 0.301 e. The summed E-state index contributed by atoms with van der Waals surface area (Å²) in [5.41, 5.74) is 0.722. The van der Waals surface area contributed by atoms with Crippen LogP contribution < -0.4 is 4.31 Å². The van der Waals surface area contributed by atoms with E-state index in [4.69, 9.17) is 0 Å². The molecule has 1 heterocycles.